The van der Waals surface area contributed by atoms with E-state index in [-0.39, 0.29) is 18.0 Å². The van der Waals surface area contributed by atoms with E-state index < -0.39 is 0 Å². The molecular formula is C16H20N4O2. The quantitative estimate of drug-likeness (QED) is 0.801. The Morgan fingerprint density at radius 3 is 2.95 bits per heavy atom. The first-order chi connectivity index (χ1) is 10.7. The summed E-state index contributed by atoms with van der Waals surface area (Å²) < 4.78 is 5.32. The standard InChI is InChI=1S/C16H20N4O2/c1-22-15-5-3-2-4-12(15)13-9-14(20-19-13)16(21)18-11-7-6-10(17)8-11/h2-5,9-11H,6-8,17H2,1H3,(H,18,21)(H,19,20)/t10-,11-/m0/s1. The Labute approximate surface area is 129 Å². The first kappa shape index (κ1) is 14.6. The van der Waals surface area contributed by atoms with Crippen molar-refractivity contribution in [1.29, 1.82) is 0 Å². The smallest absolute Gasteiger partial charge is 0.269 e. The van der Waals surface area contributed by atoms with Crippen LogP contribution >= 0.6 is 0 Å². The summed E-state index contributed by atoms with van der Waals surface area (Å²) >= 11 is 0. The van der Waals surface area contributed by atoms with E-state index in [0.29, 0.717) is 11.4 Å². The van der Waals surface area contributed by atoms with Gasteiger partial charge in [-0.3, -0.25) is 9.89 Å². The number of aromatic amines is 1. The van der Waals surface area contributed by atoms with E-state index >= 15 is 0 Å². The first-order valence-corrected chi connectivity index (χ1v) is 7.42. The van der Waals surface area contributed by atoms with E-state index in [1.54, 1.807) is 13.2 Å². The number of H-pyrrole nitrogens is 1. The SMILES string of the molecule is COc1ccccc1-c1cc(C(=O)N[C@H]2CC[C@H](N)C2)[nH]n1. The highest BCUT2D eigenvalue weighted by Crippen LogP contribution is 2.28. The number of carbonyl (C=O) groups excluding carboxylic acids is 1. The van der Waals surface area contributed by atoms with E-state index in [4.69, 9.17) is 10.5 Å². The molecule has 6 nitrogen and oxygen atoms in total. The van der Waals surface area contributed by atoms with Crippen molar-refractivity contribution in [1.82, 2.24) is 15.5 Å². The first-order valence-electron chi connectivity index (χ1n) is 7.42. The maximum Gasteiger partial charge on any atom is 0.269 e. The van der Waals surface area contributed by atoms with Crippen LogP contribution in [-0.4, -0.2) is 35.3 Å². The predicted molar refractivity (Wildman–Crippen MR) is 83.7 cm³/mol. The fourth-order valence-corrected chi connectivity index (χ4v) is 2.84. The highest BCUT2D eigenvalue weighted by molar-refractivity contribution is 5.93. The van der Waals surface area contributed by atoms with Gasteiger partial charge in [-0.1, -0.05) is 12.1 Å². The van der Waals surface area contributed by atoms with Gasteiger partial charge < -0.3 is 15.8 Å². The number of benzene rings is 1. The van der Waals surface area contributed by atoms with Crippen LogP contribution in [0.15, 0.2) is 30.3 Å². The Bertz CT molecular complexity index is 668. The van der Waals surface area contributed by atoms with Gasteiger partial charge in [-0.25, -0.2) is 0 Å². The van der Waals surface area contributed by atoms with Crippen molar-refractivity contribution in [3.8, 4) is 17.0 Å². The molecule has 0 radical (unpaired) electrons. The lowest BCUT2D eigenvalue weighted by atomic mass is 10.1. The molecule has 2 aromatic rings. The Balaban J connectivity index is 1.74. The topological polar surface area (TPSA) is 93.0 Å². The Hall–Kier alpha value is -2.34. The van der Waals surface area contributed by atoms with Crippen LogP contribution in [0.2, 0.25) is 0 Å². The summed E-state index contributed by atoms with van der Waals surface area (Å²) in [5.74, 6) is 0.579. The molecule has 4 N–H and O–H groups in total. The fourth-order valence-electron chi connectivity index (χ4n) is 2.84. The molecule has 6 heteroatoms. The third-order valence-electron chi connectivity index (χ3n) is 4.01. The van der Waals surface area contributed by atoms with Gasteiger partial charge in [0.15, 0.2) is 0 Å². The van der Waals surface area contributed by atoms with E-state index in [0.717, 1.165) is 30.6 Å². The summed E-state index contributed by atoms with van der Waals surface area (Å²) in [6, 6.07) is 9.66. The fraction of sp³-hybridized carbons (Fsp3) is 0.375. The molecule has 1 aromatic heterocycles. The number of para-hydroxylation sites is 1. The van der Waals surface area contributed by atoms with Gasteiger partial charge in [0.25, 0.3) is 5.91 Å². The Morgan fingerprint density at radius 1 is 1.41 bits per heavy atom. The molecule has 3 rings (SSSR count). The van der Waals surface area contributed by atoms with Gasteiger partial charge in [0.2, 0.25) is 0 Å². The summed E-state index contributed by atoms with van der Waals surface area (Å²) in [6.45, 7) is 0. The summed E-state index contributed by atoms with van der Waals surface area (Å²) in [5, 5.41) is 10.0. The number of rotatable bonds is 4. The third-order valence-corrected chi connectivity index (χ3v) is 4.01. The second kappa shape index (κ2) is 6.19. The lowest BCUT2D eigenvalue weighted by molar-refractivity contribution is 0.0932. The van der Waals surface area contributed by atoms with Crippen LogP contribution in [0.3, 0.4) is 0 Å². The zero-order valence-electron chi connectivity index (χ0n) is 12.5. The number of nitrogens with zero attached hydrogens (tertiary/aromatic N) is 1. The van der Waals surface area contributed by atoms with Crippen LogP contribution in [0, 0.1) is 0 Å². The van der Waals surface area contributed by atoms with Crippen molar-refractivity contribution >= 4 is 5.91 Å². The van der Waals surface area contributed by atoms with Crippen LogP contribution in [0.1, 0.15) is 29.8 Å². The maximum absolute atomic E-state index is 12.3. The molecule has 1 amide bonds. The van der Waals surface area contributed by atoms with Crippen LogP contribution < -0.4 is 15.8 Å². The zero-order chi connectivity index (χ0) is 15.5. The molecule has 1 saturated carbocycles. The molecule has 0 spiro atoms. The van der Waals surface area contributed by atoms with Crippen molar-refractivity contribution in [2.24, 2.45) is 5.73 Å². The molecule has 0 bridgehead atoms. The summed E-state index contributed by atoms with van der Waals surface area (Å²) in [6.07, 6.45) is 2.72. The second-order valence-electron chi connectivity index (χ2n) is 5.61. The average molecular weight is 300 g/mol. The predicted octanol–water partition coefficient (Wildman–Crippen LogP) is 1.69. The van der Waals surface area contributed by atoms with Crippen LogP contribution in [0.4, 0.5) is 0 Å². The minimum atomic E-state index is -0.146. The number of nitrogens with one attached hydrogen (secondary N) is 2. The minimum Gasteiger partial charge on any atom is -0.496 e. The Kier molecular flexibility index (Phi) is 4.11. The molecule has 22 heavy (non-hydrogen) atoms. The van der Waals surface area contributed by atoms with Gasteiger partial charge in [-0.15, -0.1) is 0 Å². The normalized spacial score (nSPS) is 20.8. The molecule has 1 aromatic carbocycles. The largest absolute Gasteiger partial charge is 0.496 e. The third kappa shape index (κ3) is 2.96. The van der Waals surface area contributed by atoms with Crippen LogP contribution in [-0.2, 0) is 0 Å². The van der Waals surface area contributed by atoms with Gasteiger partial charge in [0, 0.05) is 17.6 Å². The monoisotopic (exact) mass is 300 g/mol. The Morgan fingerprint density at radius 2 is 2.23 bits per heavy atom. The molecule has 0 aliphatic heterocycles. The molecule has 1 aliphatic carbocycles. The van der Waals surface area contributed by atoms with Crippen molar-refractivity contribution in [3.05, 3.63) is 36.0 Å². The number of nitrogens with two attached hydrogens (primary N) is 1. The van der Waals surface area contributed by atoms with Crippen molar-refractivity contribution in [2.75, 3.05) is 7.11 Å². The van der Waals surface area contributed by atoms with Gasteiger partial charge in [0.05, 0.1) is 12.8 Å². The van der Waals surface area contributed by atoms with E-state index in [9.17, 15) is 4.79 Å². The highest BCUT2D eigenvalue weighted by Gasteiger charge is 2.24. The number of hydrogen-bond donors (Lipinski definition) is 3. The van der Waals surface area contributed by atoms with Gasteiger partial charge in [0.1, 0.15) is 11.4 Å². The van der Waals surface area contributed by atoms with Crippen LogP contribution in [0.25, 0.3) is 11.3 Å². The zero-order valence-corrected chi connectivity index (χ0v) is 12.5. The number of hydrogen-bond acceptors (Lipinski definition) is 4. The van der Waals surface area contributed by atoms with Crippen molar-refractivity contribution < 1.29 is 9.53 Å². The number of amides is 1. The number of carbonyl (C=O) groups is 1. The minimum absolute atomic E-state index is 0.146. The summed E-state index contributed by atoms with van der Waals surface area (Å²) in [7, 11) is 1.61. The number of methoxy groups -OCH3 is 1. The van der Waals surface area contributed by atoms with Gasteiger partial charge in [-0.05, 0) is 37.5 Å². The van der Waals surface area contributed by atoms with Crippen molar-refractivity contribution in [3.63, 3.8) is 0 Å². The highest BCUT2D eigenvalue weighted by atomic mass is 16.5. The molecule has 1 heterocycles. The average Bonchev–Trinajstić information content (AvgIpc) is 3.16. The molecule has 1 aliphatic rings. The van der Waals surface area contributed by atoms with E-state index in [1.807, 2.05) is 24.3 Å². The molecule has 2 atom stereocenters. The molecule has 0 unspecified atom stereocenters. The lowest BCUT2D eigenvalue weighted by Crippen LogP contribution is -2.34. The van der Waals surface area contributed by atoms with E-state index in [2.05, 4.69) is 15.5 Å². The van der Waals surface area contributed by atoms with Gasteiger partial charge in [-0.2, -0.15) is 5.10 Å². The molecule has 1 fully saturated rings. The van der Waals surface area contributed by atoms with Crippen LogP contribution in [0.5, 0.6) is 5.75 Å². The molecule has 0 saturated heterocycles. The maximum atomic E-state index is 12.3. The van der Waals surface area contributed by atoms with Crippen molar-refractivity contribution in [2.45, 2.75) is 31.3 Å². The summed E-state index contributed by atoms with van der Waals surface area (Å²) in [5.41, 5.74) is 7.85. The number of aromatic nitrogens is 2. The van der Waals surface area contributed by atoms with Gasteiger partial charge >= 0.3 is 0 Å². The van der Waals surface area contributed by atoms with E-state index in [1.165, 1.54) is 0 Å². The second-order valence-corrected chi connectivity index (χ2v) is 5.61. The number of ether oxygens (including phenoxy) is 1. The molecular weight excluding hydrogens is 280 g/mol. The molecule has 116 valence electrons. The lowest BCUT2D eigenvalue weighted by Gasteiger charge is -2.10. The summed E-state index contributed by atoms with van der Waals surface area (Å²) in [4.78, 5) is 12.3.